The van der Waals surface area contributed by atoms with E-state index in [4.69, 9.17) is 0 Å². The first-order valence-electron chi connectivity index (χ1n) is 11.0. The van der Waals surface area contributed by atoms with Gasteiger partial charge in [0.1, 0.15) is 6.04 Å². The Balaban J connectivity index is 1.91. The van der Waals surface area contributed by atoms with Crippen molar-refractivity contribution < 1.29 is 22.9 Å². The summed E-state index contributed by atoms with van der Waals surface area (Å²) in [4.78, 5) is 37.5. The largest absolute Gasteiger partial charge is 0.330 e. The second-order valence-electron chi connectivity index (χ2n) is 8.76. The lowest BCUT2D eigenvalue weighted by Crippen LogP contribution is -2.61. The lowest BCUT2D eigenvalue weighted by atomic mass is 9.92. The van der Waals surface area contributed by atoms with Crippen molar-refractivity contribution in [1.82, 2.24) is 9.21 Å². The zero-order valence-corrected chi connectivity index (χ0v) is 20.8. The Bertz CT molecular complexity index is 1230. The van der Waals surface area contributed by atoms with E-state index < -0.39 is 43.5 Å². The molecule has 9 nitrogen and oxygen atoms in total. The van der Waals surface area contributed by atoms with Crippen LogP contribution < -0.4 is 0 Å². The number of hydrogen-bond donors (Lipinski definition) is 0. The third-order valence-electron chi connectivity index (χ3n) is 6.37. The molecule has 0 bridgehead atoms. The highest BCUT2D eigenvalue weighted by atomic mass is 32.2. The molecule has 0 unspecified atom stereocenters. The van der Waals surface area contributed by atoms with Gasteiger partial charge in [-0.25, -0.2) is 8.42 Å². The van der Waals surface area contributed by atoms with Crippen LogP contribution in [0.2, 0.25) is 0 Å². The van der Waals surface area contributed by atoms with Gasteiger partial charge < -0.3 is 4.90 Å². The van der Waals surface area contributed by atoms with Gasteiger partial charge in [0.2, 0.25) is 5.91 Å². The third-order valence-corrected chi connectivity index (χ3v) is 8.38. The average Bonchev–Trinajstić information content (AvgIpc) is 2.75. The summed E-state index contributed by atoms with van der Waals surface area (Å²) in [5.74, 6) is -0.689. The smallest absolute Gasteiger partial charge is 0.289 e. The van der Waals surface area contributed by atoms with Crippen LogP contribution >= 0.6 is 0 Å². The fourth-order valence-corrected chi connectivity index (χ4v) is 6.40. The molecule has 0 radical (unpaired) electrons. The van der Waals surface area contributed by atoms with Crippen LogP contribution in [0.5, 0.6) is 0 Å². The zero-order chi connectivity index (χ0) is 25.4. The van der Waals surface area contributed by atoms with Crippen molar-refractivity contribution in [2.24, 2.45) is 0 Å². The van der Waals surface area contributed by atoms with Gasteiger partial charge in [0.25, 0.3) is 15.7 Å². The molecule has 0 spiro atoms. The minimum atomic E-state index is -4.31. The Morgan fingerprint density at radius 3 is 2.29 bits per heavy atom. The van der Waals surface area contributed by atoms with Crippen LogP contribution in [0.25, 0.3) is 0 Å². The second-order valence-corrected chi connectivity index (χ2v) is 10.6. The Labute approximate surface area is 199 Å². The van der Waals surface area contributed by atoms with Crippen LogP contribution in [-0.2, 0) is 26.0 Å². The molecule has 1 aliphatic rings. The van der Waals surface area contributed by atoms with E-state index in [1.54, 1.807) is 0 Å². The molecule has 0 N–H and O–H groups in total. The summed E-state index contributed by atoms with van der Waals surface area (Å²) in [6.07, 6.45) is 0.336. The quantitative estimate of drug-likeness (QED) is 0.438. The molecule has 0 aromatic heterocycles. The maximum atomic E-state index is 13.3. The lowest BCUT2D eigenvalue weighted by Gasteiger charge is -2.41. The second kappa shape index (κ2) is 9.63. The van der Waals surface area contributed by atoms with Gasteiger partial charge in [0.05, 0.1) is 11.0 Å². The van der Waals surface area contributed by atoms with Gasteiger partial charge >= 0.3 is 0 Å². The molecular weight excluding hydrogens is 458 g/mol. The fourth-order valence-electron chi connectivity index (χ4n) is 4.66. The molecule has 0 aliphatic carbocycles. The molecule has 1 amide bonds. The number of para-hydroxylation sites is 1. The van der Waals surface area contributed by atoms with E-state index >= 15 is 0 Å². The molecule has 1 aliphatic heterocycles. The van der Waals surface area contributed by atoms with Gasteiger partial charge in [-0.15, -0.1) is 0 Å². The number of amides is 1. The normalized spacial score (nSPS) is 18.1. The van der Waals surface area contributed by atoms with Crippen LogP contribution in [0.3, 0.4) is 0 Å². The summed E-state index contributed by atoms with van der Waals surface area (Å²) in [5.41, 5.74) is 3.61. The molecule has 2 atom stereocenters. The molecule has 182 valence electrons. The molecule has 1 saturated heterocycles. The van der Waals surface area contributed by atoms with Crippen LogP contribution in [0.1, 0.15) is 36.1 Å². The first-order valence-corrected chi connectivity index (χ1v) is 12.4. The van der Waals surface area contributed by atoms with Gasteiger partial charge in [0, 0.05) is 25.6 Å². The number of nitrogens with zero attached hydrogens (tertiary/aromatic N) is 3. The maximum Gasteiger partial charge on any atom is 0.289 e. The highest BCUT2D eigenvalue weighted by molar-refractivity contribution is 7.89. The van der Waals surface area contributed by atoms with E-state index in [0.29, 0.717) is 6.42 Å². The predicted molar refractivity (Wildman–Crippen MR) is 127 cm³/mol. The Morgan fingerprint density at radius 2 is 1.74 bits per heavy atom. The number of nitro benzene ring substituents is 1. The third kappa shape index (κ3) is 4.74. The molecule has 1 fully saturated rings. The zero-order valence-electron chi connectivity index (χ0n) is 19.9. The van der Waals surface area contributed by atoms with Gasteiger partial charge in [-0.3, -0.25) is 19.7 Å². The number of sulfonamides is 1. The van der Waals surface area contributed by atoms with Gasteiger partial charge in [-0.1, -0.05) is 29.8 Å². The number of nitro groups is 1. The van der Waals surface area contributed by atoms with Crippen LogP contribution in [0, 0.1) is 30.9 Å². The van der Waals surface area contributed by atoms with E-state index in [-0.39, 0.29) is 18.9 Å². The number of rotatable bonds is 7. The van der Waals surface area contributed by atoms with Crippen LogP contribution in [0.4, 0.5) is 5.69 Å². The summed E-state index contributed by atoms with van der Waals surface area (Å²) >= 11 is 0. The molecular formula is C24H29N3O6S. The lowest BCUT2D eigenvalue weighted by molar-refractivity contribution is -0.387. The molecule has 2 aromatic rings. The van der Waals surface area contributed by atoms with Crippen LogP contribution in [0.15, 0.2) is 41.3 Å². The summed E-state index contributed by atoms with van der Waals surface area (Å²) in [6.45, 7) is 8.74. The molecule has 0 saturated carbocycles. The maximum absolute atomic E-state index is 13.3. The number of benzene rings is 2. The summed E-state index contributed by atoms with van der Waals surface area (Å²) in [7, 11) is -4.31. The Hall–Kier alpha value is -3.11. The number of carbonyl (C=O) groups excluding carboxylic acids is 2. The van der Waals surface area contributed by atoms with Gasteiger partial charge in [-0.05, 0) is 57.4 Å². The number of piperazine rings is 1. The molecule has 34 heavy (non-hydrogen) atoms. The molecule has 1 heterocycles. The fraction of sp³-hybridized carbons (Fsp3) is 0.417. The predicted octanol–water partition coefficient (Wildman–Crippen LogP) is 2.94. The van der Waals surface area contributed by atoms with Crippen molar-refractivity contribution in [3.63, 3.8) is 0 Å². The minimum absolute atomic E-state index is 0.0111. The van der Waals surface area contributed by atoms with E-state index in [2.05, 4.69) is 0 Å². The van der Waals surface area contributed by atoms with E-state index in [1.807, 2.05) is 32.9 Å². The van der Waals surface area contributed by atoms with Crippen molar-refractivity contribution in [3.8, 4) is 0 Å². The van der Waals surface area contributed by atoms with E-state index in [1.165, 1.54) is 36.9 Å². The number of ketones is 1. The first kappa shape index (κ1) is 25.5. The van der Waals surface area contributed by atoms with E-state index in [0.717, 1.165) is 32.6 Å². The number of Topliss-reactive ketones (excluding diaryl/α,β-unsaturated/α-hetero) is 1. The van der Waals surface area contributed by atoms with Crippen molar-refractivity contribution in [2.75, 3.05) is 13.1 Å². The number of aryl methyl sites for hydroxylation is 3. The van der Waals surface area contributed by atoms with Gasteiger partial charge in [-0.2, -0.15) is 4.31 Å². The van der Waals surface area contributed by atoms with Crippen molar-refractivity contribution in [1.29, 1.82) is 0 Å². The highest BCUT2D eigenvalue weighted by Crippen LogP contribution is 2.30. The van der Waals surface area contributed by atoms with Gasteiger partial charge in [0.15, 0.2) is 10.7 Å². The van der Waals surface area contributed by atoms with E-state index in [9.17, 15) is 28.1 Å². The topological polar surface area (TPSA) is 118 Å². The summed E-state index contributed by atoms with van der Waals surface area (Å²) in [5, 5.41) is 11.4. The molecule has 2 aromatic carbocycles. The average molecular weight is 488 g/mol. The summed E-state index contributed by atoms with van der Waals surface area (Å²) in [6, 6.07) is 7.29. The standard InChI is InChI=1S/C24H29N3O6S/c1-15-12-16(2)20(17(3)13-15)14-22(19(5)28)25-10-11-26(18(4)24(25)29)34(32,33)23-9-7-6-8-21(23)27(30)31/h6-9,12-13,18,22H,10-11,14H2,1-5H3/t18-,22-/m0/s1. The SMILES string of the molecule is CC(=O)[C@H](Cc1c(C)cc(C)cc1C)N1CCN(S(=O)(=O)c2ccccc2[N+](=O)[O-])[C@@H](C)C1=O. The summed E-state index contributed by atoms with van der Waals surface area (Å²) < 4.78 is 27.5. The Kier molecular flexibility index (Phi) is 7.23. The Morgan fingerprint density at radius 1 is 1.15 bits per heavy atom. The minimum Gasteiger partial charge on any atom is -0.330 e. The van der Waals surface area contributed by atoms with Crippen molar-refractivity contribution in [2.45, 2.75) is 58.0 Å². The van der Waals surface area contributed by atoms with Crippen molar-refractivity contribution >= 4 is 27.4 Å². The molecule has 3 rings (SSSR count). The first-order chi connectivity index (χ1) is 15.9. The van der Waals surface area contributed by atoms with Crippen LogP contribution in [-0.4, -0.2) is 59.4 Å². The number of carbonyl (C=O) groups is 2. The molecule has 10 heteroatoms. The van der Waals surface area contributed by atoms with Crippen molar-refractivity contribution in [3.05, 3.63) is 68.8 Å². The monoisotopic (exact) mass is 487 g/mol. The highest BCUT2D eigenvalue weighted by Gasteiger charge is 2.44. The number of hydrogen-bond acceptors (Lipinski definition) is 6.